The maximum absolute atomic E-state index is 12.6. The Morgan fingerprint density at radius 1 is 1.22 bits per heavy atom. The maximum Gasteiger partial charge on any atom is 0.306 e. The van der Waals surface area contributed by atoms with Gasteiger partial charge < -0.3 is 14.9 Å². The molecule has 0 unspecified atom stereocenters. The highest BCUT2D eigenvalue weighted by molar-refractivity contribution is 7.16. The van der Waals surface area contributed by atoms with Gasteiger partial charge in [-0.15, -0.1) is 11.3 Å². The molecule has 1 fully saturated rings. The summed E-state index contributed by atoms with van der Waals surface area (Å²) in [5.41, 5.74) is 0.946. The number of aliphatic carboxylic acids is 1. The van der Waals surface area contributed by atoms with Gasteiger partial charge in [-0.2, -0.15) is 0 Å². The van der Waals surface area contributed by atoms with E-state index in [1.807, 2.05) is 30.3 Å². The molecule has 1 aliphatic rings. The van der Waals surface area contributed by atoms with Gasteiger partial charge in [-0.1, -0.05) is 30.3 Å². The summed E-state index contributed by atoms with van der Waals surface area (Å²) in [7, 11) is 1.59. The summed E-state index contributed by atoms with van der Waals surface area (Å²) >= 11 is 1.30. The van der Waals surface area contributed by atoms with Crippen molar-refractivity contribution in [2.24, 2.45) is 5.92 Å². The minimum atomic E-state index is -0.811. The number of carbonyl (C=O) groups excluding carboxylic acids is 2. The molecule has 0 bridgehead atoms. The van der Waals surface area contributed by atoms with Crippen molar-refractivity contribution < 1.29 is 19.5 Å². The number of carbonyl (C=O) groups is 3. The summed E-state index contributed by atoms with van der Waals surface area (Å²) < 4.78 is 0. The first kappa shape index (κ1) is 19.0. The minimum absolute atomic E-state index is 0.0326. The van der Waals surface area contributed by atoms with Gasteiger partial charge in [-0.05, 0) is 12.8 Å². The molecule has 0 aliphatic carbocycles. The molecule has 8 heteroatoms. The molecule has 1 N–H and O–H groups in total. The van der Waals surface area contributed by atoms with Gasteiger partial charge in [0.25, 0.3) is 5.91 Å². The van der Waals surface area contributed by atoms with Crippen LogP contribution in [0.3, 0.4) is 0 Å². The van der Waals surface area contributed by atoms with Crippen molar-refractivity contribution in [2.45, 2.75) is 12.8 Å². The number of benzene rings is 1. The average molecular weight is 387 g/mol. The van der Waals surface area contributed by atoms with E-state index in [1.54, 1.807) is 11.9 Å². The zero-order valence-electron chi connectivity index (χ0n) is 15.0. The molecule has 3 rings (SSSR count). The second-order valence-corrected chi connectivity index (χ2v) is 7.58. The number of aromatic nitrogens is 1. The molecule has 7 nitrogen and oxygen atoms in total. The van der Waals surface area contributed by atoms with E-state index < -0.39 is 5.97 Å². The Labute approximate surface area is 161 Å². The lowest BCUT2D eigenvalue weighted by atomic mass is 9.97. The summed E-state index contributed by atoms with van der Waals surface area (Å²) in [5, 5.41) is 9.79. The van der Waals surface area contributed by atoms with Crippen LogP contribution in [0.5, 0.6) is 0 Å². The summed E-state index contributed by atoms with van der Waals surface area (Å²) in [6.45, 7) is 0.794. The molecule has 27 heavy (non-hydrogen) atoms. The highest BCUT2D eigenvalue weighted by Gasteiger charge is 2.28. The average Bonchev–Trinajstić information content (AvgIpc) is 3.18. The molecule has 0 saturated carbocycles. The highest BCUT2D eigenvalue weighted by Crippen LogP contribution is 2.25. The first-order valence-electron chi connectivity index (χ1n) is 8.73. The van der Waals surface area contributed by atoms with Crippen molar-refractivity contribution in [2.75, 3.05) is 26.7 Å². The van der Waals surface area contributed by atoms with Gasteiger partial charge in [0.15, 0.2) is 0 Å². The van der Waals surface area contributed by atoms with Crippen molar-refractivity contribution in [1.29, 1.82) is 0 Å². The first-order valence-corrected chi connectivity index (χ1v) is 9.54. The molecule has 0 spiro atoms. The zero-order chi connectivity index (χ0) is 19.4. The monoisotopic (exact) mass is 387 g/mol. The fourth-order valence-corrected chi connectivity index (χ4v) is 3.94. The highest BCUT2D eigenvalue weighted by atomic mass is 32.1. The van der Waals surface area contributed by atoms with Crippen LogP contribution < -0.4 is 0 Å². The topological polar surface area (TPSA) is 90.8 Å². The molecule has 2 amide bonds. The lowest BCUT2D eigenvalue weighted by molar-refractivity contribution is -0.145. The van der Waals surface area contributed by atoms with Crippen LogP contribution in [-0.4, -0.2) is 64.4 Å². The zero-order valence-corrected chi connectivity index (χ0v) is 15.8. The van der Waals surface area contributed by atoms with Crippen LogP contribution in [0.4, 0.5) is 0 Å². The molecule has 0 radical (unpaired) electrons. The molecule has 0 atom stereocenters. The van der Waals surface area contributed by atoms with E-state index in [4.69, 9.17) is 5.11 Å². The molecule has 1 aromatic heterocycles. The lowest BCUT2D eigenvalue weighted by Crippen LogP contribution is -2.45. The maximum atomic E-state index is 12.6. The van der Waals surface area contributed by atoms with Gasteiger partial charge in [0.1, 0.15) is 9.88 Å². The van der Waals surface area contributed by atoms with E-state index in [-0.39, 0.29) is 24.3 Å². The number of carboxylic acids is 1. The number of nitrogens with zero attached hydrogens (tertiary/aromatic N) is 3. The Balaban J connectivity index is 1.57. The normalized spacial score (nSPS) is 14.8. The van der Waals surface area contributed by atoms with Gasteiger partial charge >= 0.3 is 5.97 Å². The molecule has 2 aromatic rings. The number of piperidine rings is 1. The van der Waals surface area contributed by atoms with Gasteiger partial charge in [0, 0.05) is 25.7 Å². The van der Waals surface area contributed by atoms with E-state index in [0.29, 0.717) is 30.8 Å². The van der Waals surface area contributed by atoms with Crippen molar-refractivity contribution >= 4 is 29.1 Å². The van der Waals surface area contributed by atoms with Gasteiger partial charge in [-0.25, -0.2) is 4.98 Å². The fraction of sp³-hybridized carbons (Fsp3) is 0.368. The third-order valence-electron chi connectivity index (χ3n) is 4.65. The predicted octanol–water partition coefficient (Wildman–Crippen LogP) is 2.21. The van der Waals surface area contributed by atoms with Crippen LogP contribution >= 0.6 is 11.3 Å². The van der Waals surface area contributed by atoms with Crippen molar-refractivity contribution in [3.8, 4) is 10.6 Å². The molecular formula is C19H21N3O4S. The second-order valence-electron chi connectivity index (χ2n) is 6.55. The largest absolute Gasteiger partial charge is 0.481 e. The molecule has 1 aliphatic heterocycles. The van der Waals surface area contributed by atoms with E-state index in [1.165, 1.54) is 22.4 Å². The molecule has 1 aromatic carbocycles. The molecule has 142 valence electrons. The summed E-state index contributed by atoms with van der Waals surface area (Å²) in [6.07, 6.45) is 2.44. The van der Waals surface area contributed by atoms with E-state index in [0.717, 1.165) is 10.6 Å². The molecule has 2 heterocycles. The number of hydrogen-bond donors (Lipinski definition) is 1. The summed E-state index contributed by atoms with van der Waals surface area (Å²) in [4.78, 5) is 43.8. The van der Waals surface area contributed by atoms with Crippen LogP contribution in [0.25, 0.3) is 10.6 Å². The van der Waals surface area contributed by atoms with E-state index in [2.05, 4.69) is 4.98 Å². The summed E-state index contributed by atoms with van der Waals surface area (Å²) in [5.74, 6) is -1.61. The third kappa shape index (κ3) is 4.51. The number of carboxylic acid groups (broad SMARTS) is 1. The number of likely N-dealkylation sites (tertiary alicyclic amines) is 1. The number of hydrogen-bond acceptors (Lipinski definition) is 5. The van der Waals surface area contributed by atoms with Gasteiger partial charge in [-0.3, -0.25) is 14.4 Å². The number of likely N-dealkylation sites (N-methyl/N-ethyl adjacent to an activating group) is 1. The number of thiazole rings is 1. The summed E-state index contributed by atoms with van der Waals surface area (Å²) in [6, 6.07) is 9.61. The van der Waals surface area contributed by atoms with Crippen molar-refractivity contribution in [3.63, 3.8) is 0 Å². The fourth-order valence-electron chi connectivity index (χ4n) is 3.03. The van der Waals surface area contributed by atoms with Gasteiger partial charge in [0.2, 0.25) is 5.91 Å². The Bertz CT molecular complexity index is 828. The third-order valence-corrected chi connectivity index (χ3v) is 5.69. The van der Waals surface area contributed by atoms with Crippen LogP contribution in [0.15, 0.2) is 36.5 Å². The number of amides is 2. The van der Waals surface area contributed by atoms with Crippen LogP contribution in [0, 0.1) is 5.92 Å². The molecular weight excluding hydrogens is 366 g/mol. The van der Waals surface area contributed by atoms with Gasteiger partial charge in [0.05, 0.1) is 18.7 Å². The Hall–Kier alpha value is -2.74. The van der Waals surface area contributed by atoms with E-state index in [9.17, 15) is 14.4 Å². The lowest BCUT2D eigenvalue weighted by Gasteiger charge is -2.31. The van der Waals surface area contributed by atoms with E-state index >= 15 is 0 Å². The second kappa shape index (κ2) is 8.30. The molecule has 1 saturated heterocycles. The quantitative estimate of drug-likeness (QED) is 0.849. The smallest absolute Gasteiger partial charge is 0.306 e. The number of rotatable bonds is 5. The standard InChI is InChI=1S/C19H21N3O4S/c1-21(12-16(23)22-9-7-14(8-10-22)19(25)26)18(24)15-11-20-17(27-15)13-5-3-2-4-6-13/h2-6,11,14H,7-10,12H2,1H3,(H,25,26). The Kier molecular flexibility index (Phi) is 5.85. The van der Waals surface area contributed by atoms with Crippen molar-refractivity contribution in [3.05, 3.63) is 41.4 Å². The predicted molar refractivity (Wildman–Crippen MR) is 101 cm³/mol. The van der Waals surface area contributed by atoms with Crippen LogP contribution in [-0.2, 0) is 9.59 Å². The van der Waals surface area contributed by atoms with Crippen molar-refractivity contribution in [1.82, 2.24) is 14.8 Å². The minimum Gasteiger partial charge on any atom is -0.481 e. The first-order chi connectivity index (χ1) is 13.0. The Morgan fingerprint density at radius 3 is 2.52 bits per heavy atom. The SMILES string of the molecule is CN(CC(=O)N1CCC(C(=O)O)CC1)C(=O)c1cnc(-c2ccccc2)s1. The Morgan fingerprint density at radius 2 is 1.89 bits per heavy atom. The van der Waals surface area contributed by atoms with Crippen LogP contribution in [0.2, 0.25) is 0 Å². The van der Waals surface area contributed by atoms with Crippen LogP contribution in [0.1, 0.15) is 22.5 Å².